The molecule has 0 unspecified atom stereocenters. The molecule has 0 bridgehead atoms. The van der Waals surface area contributed by atoms with Crippen molar-refractivity contribution in [2.45, 2.75) is 12.8 Å². The van der Waals surface area contributed by atoms with Crippen molar-refractivity contribution < 1.29 is 27.4 Å². The average molecular weight is 279 g/mol. The molecule has 0 atom stereocenters. The van der Waals surface area contributed by atoms with Gasteiger partial charge in [-0.15, -0.1) is 13.2 Å². The van der Waals surface area contributed by atoms with E-state index in [2.05, 4.69) is 4.74 Å². The predicted molar refractivity (Wildman–Crippen MR) is 63.3 cm³/mol. The predicted octanol–water partition coefficient (Wildman–Crippen LogP) is 2.11. The molecular weight excluding hydrogens is 263 g/mol. The Kier molecular flexibility index (Phi) is 5.91. The lowest BCUT2D eigenvalue weighted by atomic mass is 10.1. The van der Waals surface area contributed by atoms with Gasteiger partial charge in [-0.2, -0.15) is 0 Å². The van der Waals surface area contributed by atoms with Gasteiger partial charge in [0.15, 0.2) is 11.5 Å². The van der Waals surface area contributed by atoms with Crippen LogP contribution in [0.2, 0.25) is 0 Å². The molecule has 1 aromatic rings. The van der Waals surface area contributed by atoms with Crippen molar-refractivity contribution in [1.29, 1.82) is 0 Å². The third-order valence-electron chi connectivity index (χ3n) is 2.27. The molecule has 0 fully saturated rings. The second-order valence-corrected chi connectivity index (χ2v) is 3.67. The molecule has 0 aliphatic rings. The summed E-state index contributed by atoms with van der Waals surface area (Å²) in [6.45, 7) is -0.286. The highest BCUT2D eigenvalue weighted by Crippen LogP contribution is 2.28. The zero-order valence-corrected chi connectivity index (χ0v) is 10.5. The summed E-state index contributed by atoms with van der Waals surface area (Å²) in [6.07, 6.45) is -3.95. The van der Waals surface area contributed by atoms with E-state index < -0.39 is 13.0 Å². The van der Waals surface area contributed by atoms with E-state index in [1.807, 2.05) is 0 Å². The second-order valence-electron chi connectivity index (χ2n) is 3.67. The van der Waals surface area contributed by atoms with Crippen LogP contribution >= 0.6 is 0 Å². The van der Waals surface area contributed by atoms with E-state index in [9.17, 15) is 13.2 Å². The van der Waals surface area contributed by atoms with Crippen molar-refractivity contribution in [3.05, 3.63) is 23.8 Å². The highest BCUT2D eigenvalue weighted by atomic mass is 19.4. The highest BCUT2D eigenvalue weighted by molar-refractivity contribution is 5.43. The maximum Gasteiger partial charge on any atom is 0.522 e. The molecule has 1 aromatic carbocycles. The van der Waals surface area contributed by atoms with Gasteiger partial charge in [-0.05, 0) is 30.7 Å². The van der Waals surface area contributed by atoms with Crippen LogP contribution in [0.3, 0.4) is 0 Å². The Morgan fingerprint density at radius 3 is 2.47 bits per heavy atom. The van der Waals surface area contributed by atoms with Crippen LogP contribution in [0, 0.1) is 0 Å². The SMILES string of the molecule is COc1cc(CCN)ccc1OCCOC(F)(F)F. The van der Waals surface area contributed by atoms with Gasteiger partial charge in [-0.3, -0.25) is 4.74 Å². The minimum Gasteiger partial charge on any atom is -0.493 e. The molecule has 0 heterocycles. The third-order valence-corrected chi connectivity index (χ3v) is 2.27. The van der Waals surface area contributed by atoms with Crippen molar-refractivity contribution in [2.24, 2.45) is 5.73 Å². The largest absolute Gasteiger partial charge is 0.522 e. The molecule has 0 saturated heterocycles. The Morgan fingerprint density at radius 2 is 1.89 bits per heavy atom. The molecule has 0 spiro atoms. The molecule has 0 saturated carbocycles. The molecule has 1 rings (SSSR count). The van der Waals surface area contributed by atoms with E-state index >= 15 is 0 Å². The van der Waals surface area contributed by atoms with E-state index in [0.717, 1.165) is 5.56 Å². The number of halogens is 3. The van der Waals surface area contributed by atoms with Crippen molar-refractivity contribution in [2.75, 3.05) is 26.9 Å². The summed E-state index contributed by atoms with van der Waals surface area (Å²) in [6, 6.07) is 5.17. The fourth-order valence-corrected chi connectivity index (χ4v) is 1.46. The number of hydrogen-bond donors (Lipinski definition) is 1. The Balaban J connectivity index is 2.53. The number of methoxy groups -OCH3 is 1. The second kappa shape index (κ2) is 7.20. The first kappa shape index (κ1) is 15.6. The van der Waals surface area contributed by atoms with Crippen molar-refractivity contribution in [3.8, 4) is 11.5 Å². The van der Waals surface area contributed by atoms with Gasteiger partial charge in [-0.1, -0.05) is 6.07 Å². The fourth-order valence-electron chi connectivity index (χ4n) is 1.46. The standard InChI is InChI=1S/C12H16F3NO3/c1-17-11-8-9(4-5-16)2-3-10(11)18-6-7-19-12(13,14)15/h2-3,8H,4-7,16H2,1H3. The molecular formula is C12H16F3NO3. The minimum atomic E-state index is -4.64. The summed E-state index contributed by atoms with van der Waals surface area (Å²) in [4.78, 5) is 0. The van der Waals surface area contributed by atoms with Gasteiger partial charge in [0, 0.05) is 0 Å². The first-order valence-corrected chi connectivity index (χ1v) is 5.66. The molecule has 7 heteroatoms. The van der Waals surface area contributed by atoms with Crippen molar-refractivity contribution in [3.63, 3.8) is 0 Å². The van der Waals surface area contributed by atoms with E-state index in [1.54, 1.807) is 18.2 Å². The molecule has 0 amide bonds. The molecule has 2 N–H and O–H groups in total. The summed E-state index contributed by atoms with van der Waals surface area (Å²) in [5.74, 6) is 0.826. The van der Waals surface area contributed by atoms with Gasteiger partial charge in [0.1, 0.15) is 6.61 Å². The Hall–Kier alpha value is -1.47. The first-order chi connectivity index (χ1) is 8.96. The molecule has 0 aliphatic heterocycles. The zero-order valence-electron chi connectivity index (χ0n) is 10.5. The number of rotatable bonds is 7. The van der Waals surface area contributed by atoms with E-state index in [0.29, 0.717) is 24.5 Å². The van der Waals surface area contributed by atoms with E-state index in [-0.39, 0.29) is 6.61 Å². The maximum absolute atomic E-state index is 11.8. The lowest BCUT2D eigenvalue weighted by Crippen LogP contribution is -2.18. The monoisotopic (exact) mass is 279 g/mol. The van der Waals surface area contributed by atoms with Crippen LogP contribution < -0.4 is 15.2 Å². The lowest BCUT2D eigenvalue weighted by Gasteiger charge is -2.12. The number of nitrogens with two attached hydrogens (primary N) is 1. The number of alkyl halides is 3. The Morgan fingerprint density at radius 1 is 1.16 bits per heavy atom. The smallest absolute Gasteiger partial charge is 0.493 e. The number of ether oxygens (including phenoxy) is 3. The number of benzene rings is 1. The Bertz CT molecular complexity index is 396. The van der Waals surface area contributed by atoms with Crippen molar-refractivity contribution >= 4 is 0 Å². The minimum absolute atomic E-state index is 0.216. The van der Waals surface area contributed by atoms with Crippen LogP contribution in [-0.4, -0.2) is 33.2 Å². The van der Waals surface area contributed by atoms with Gasteiger partial charge in [0.05, 0.1) is 13.7 Å². The topological polar surface area (TPSA) is 53.7 Å². The first-order valence-electron chi connectivity index (χ1n) is 5.66. The molecule has 4 nitrogen and oxygen atoms in total. The zero-order chi connectivity index (χ0) is 14.3. The quantitative estimate of drug-likeness (QED) is 0.777. The van der Waals surface area contributed by atoms with Gasteiger partial charge in [-0.25, -0.2) is 0 Å². The van der Waals surface area contributed by atoms with Crippen LogP contribution in [0.15, 0.2) is 18.2 Å². The molecule has 0 aliphatic carbocycles. The van der Waals surface area contributed by atoms with Gasteiger partial charge < -0.3 is 15.2 Å². The van der Waals surface area contributed by atoms with Gasteiger partial charge in [0.2, 0.25) is 0 Å². The highest BCUT2D eigenvalue weighted by Gasteiger charge is 2.28. The molecule has 0 aromatic heterocycles. The molecule has 108 valence electrons. The summed E-state index contributed by atoms with van der Waals surface area (Å²) < 4.78 is 49.1. The van der Waals surface area contributed by atoms with Crippen LogP contribution in [0.1, 0.15) is 5.56 Å². The fraction of sp³-hybridized carbons (Fsp3) is 0.500. The van der Waals surface area contributed by atoms with Crippen LogP contribution in [0.4, 0.5) is 13.2 Å². The van der Waals surface area contributed by atoms with Gasteiger partial charge in [0.25, 0.3) is 0 Å². The lowest BCUT2D eigenvalue weighted by molar-refractivity contribution is -0.325. The molecule has 0 radical (unpaired) electrons. The van der Waals surface area contributed by atoms with Crippen molar-refractivity contribution in [1.82, 2.24) is 0 Å². The average Bonchev–Trinajstić information content (AvgIpc) is 2.35. The summed E-state index contributed by atoms with van der Waals surface area (Å²) >= 11 is 0. The number of hydrogen-bond acceptors (Lipinski definition) is 4. The summed E-state index contributed by atoms with van der Waals surface area (Å²) in [5.41, 5.74) is 6.40. The van der Waals surface area contributed by atoms with E-state index in [1.165, 1.54) is 7.11 Å². The van der Waals surface area contributed by atoms with E-state index in [4.69, 9.17) is 15.2 Å². The van der Waals surface area contributed by atoms with Crippen LogP contribution in [0.25, 0.3) is 0 Å². The Labute approximate surface area is 109 Å². The van der Waals surface area contributed by atoms with Gasteiger partial charge >= 0.3 is 6.36 Å². The van der Waals surface area contributed by atoms with Crippen LogP contribution in [0.5, 0.6) is 11.5 Å². The normalized spacial score (nSPS) is 11.4. The maximum atomic E-state index is 11.8. The molecule has 19 heavy (non-hydrogen) atoms. The summed E-state index contributed by atoms with van der Waals surface area (Å²) in [5, 5.41) is 0. The summed E-state index contributed by atoms with van der Waals surface area (Å²) in [7, 11) is 1.46. The third kappa shape index (κ3) is 5.80. The van der Waals surface area contributed by atoms with Crippen LogP contribution in [-0.2, 0) is 11.2 Å².